The summed E-state index contributed by atoms with van der Waals surface area (Å²) in [5.41, 5.74) is 4.59. The molecule has 2 aromatic carbocycles. The second-order valence-corrected chi connectivity index (χ2v) is 7.78. The van der Waals surface area contributed by atoms with Crippen LogP contribution in [0.25, 0.3) is 16.2 Å². The molecule has 2 heterocycles. The van der Waals surface area contributed by atoms with Crippen LogP contribution in [0.4, 0.5) is 5.69 Å². The second-order valence-electron chi connectivity index (χ2n) is 6.95. The maximum atomic E-state index is 12.5. The number of fused-ring (bicyclic) bond motifs is 1. The molecule has 0 saturated heterocycles. The van der Waals surface area contributed by atoms with Crippen molar-refractivity contribution in [3.63, 3.8) is 0 Å². The van der Waals surface area contributed by atoms with Gasteiger partial charge in [0.2, 0.25) is 0 Å². The molecule has 29 heavy (non-hydrogen) atoms. The minimum atomic E-state index is -0.134. The van der Waals surface area contributed by atoms with Crippen LogP contribution in [0.2, 0.25) is 0 Å². The Morgan fingerprint density at radius 1 is 1.07 bits per heavy atom. The van der Waals surface area contributed by atoms with E-state index in [1.165, 1.54) is 11.3 Å². The van der Waals surface area contributed by atoms with Gasteiger partial charge in [-0.1, -0.05) is 30.3 Å². The molecule has 4 aromatic rings. The Kier molecular flexibility index (Phi) is 4.90. The van der Waals surface area contributed by atoms with Gasteiger partial charge >= 0.3 is 0 Å². The molecule has 7 heteroatoms. The first kappa shape index (κ1) is 18.9. The number of thiazole rings is 1. The molecule has 1 N–H and O–H groups in total. The van der Waals surface area contributed by atoms with Crippen LogP contribution in [0.3, 0.4) is 0 Å². The van der Waals surface area contributed by atoms with Crippen molar-refractivity contribution >= 4 is 33.8 Å². The fourth-order valence-electron chi connectivity index (χ4n) is 3.06. The molecule has 2 aromatic heterocycles. The van der Waals surface area contributed by atoms with Crippen LogP contribution in [0.15, 0.2) is 60.1 Å². The molecule has 0 atom stereocenters. The number of aryl methyl sites for hydroxylation is 1. The first-order valence-corrected chi connectivity index (χ1v) is 9.97. The lowest BCUT2D eigenvalue weighted by atomic mass is 10.1. The third kappa shape index (κ3) is 3.64. The predicted octanol–water partition coefficient (Wildman–Crippen LogP) is 4.33. The molecule has 0 aliphatic heterocycles. The van der Waals surface area contributed by atoms with Crippen molar-refractivity contribution < 1.29 is 9.59 Å². The fraction of sp³-hybridized carbons (Fsp3) is 0.136. The van der Waals surface area contributed by atoms with Gasteiger partial charge in [-0.2, -0.15) is 0 Å². The summed E-state index contributed by atoms with van der Waals surface area (Å²) in [5, 5.41) is 4.74. The Morgan fingerprint density at radius 2 is 1.79 bits per heavy atom. The van der Waals surface area contributed by atoms with E-state index in [1.54, 1.807) is 19.0 Å². The SMILES string of the molecule is Cc1ccccc1C(=O)Nc1ccc(-c2cn3c(C(=O)N(C)C)csc3n2)cc1. The highest BCUT2D eigenvalue weighted by molar-refractivity contribution is 7.15. The number of imidazole rings is 1. The molecule has 0 unspecified atom stereocenters. The van der Waals surface area contributed by atoms with Gasteiger partial charge in [0.1, 0.15) is 5.69 Å². The Hall–Kier alpha value is -3.45. The van der Waals surface area contributed by atoms with Crippen LogP contribution in [-0.2, 0) is 0 Å². The van der Waals surface area contributed by atoms with E-state index in [-0.39, 0.29) is 11.8 Å². The molecule has 0 aliphatic rings. The van der Waals surface area contributed by atoms with E-state index in [2.05, 4.69) is 10.3 Å². The maximum Gasteiger partial charge on any atom is 0.271 e. The van der Waals surface area contributed by atoms with E-state index >= 15 is 0 Å². The normalized spacial score (nSPS) is 10.9. The van der Waals surface area contributed by atoms with Gasteiger partial charge in [-0.15, -0.1) is 11.3 Å². The summed E-state index contributed by atoms with van der Waals surface area (Å²) in [6.45, 7) is 1.91. The Morgan fingerprint density at radius 3 is 2.48 bits per heavy atom. The second kappa shape index (κ2) is 7.52. The summed E-state index contributed by atoms with van der Waals surface area (Å²) in [7, 11) is 3.46. The van der Waals surface area contributed by atoms with Gasteiger partial charge in [0.05, 0.1) is 5.69 Å². The maximum absolute atomic E-state index is 12.5. The molecule has 6 nitrogen and oxygen atoms in total. The zero-order valence-corrected chi connectivity index (χ0v) is 17.2. The van der Waals surface area contributed by atoms with E-state index in [0.29, 0.717) is 16.9 Å². The molecule has 0 spiro atoms. The lowest BCUT2D eigenvalue weighted by Crippen LogP contribution is -2.22. The zero-order valence-electron chi connectivity index (χ0n) is 16.3. The number of amides is 2. The van der Waals surface area contributed by atoms with E-state index in [1.807, 2.05) is 71.4 Å². The molecular weight excluding hydrogens is 384 g/mol. The molecule has 0 bridgehead atoms. The van der Waals surface area contributed by atoms with E-state index in [4.69, 9.17) is 0 Å². The third-order valence-corrected chi connectivity index (χ3v) is 5.50. The largest absolute Gasteiger partial charge is 0.343 e. The quantitative estimate of drug-likeness (QED) is 0.551. The van der Waals surface area contributed by atoms with Crippen molar-refractivity contribution in [2.24, 2.45) is 0 Å². The first-order valence-electron chi connectivity index (χ1n) is 9.09. The molecule has 4 rings (SSSR count). The molecule has 0 radical (unpaired) electrons. The standard InChI is InChI=1S/C22H20N4O2S/c1-14-6-4-5-7-17(14)20(27)23-16-10-8-15(9-11-16)18-12-26-19(21(28)25(2)3)13-29-22(26)24-18/h4-13H,1-3H3,(H,23,27). The van der Waals surface area contributed by atoms with Gasteiger partial charge in [-0.05, 0) is 30.7 Å². The predicted molar refractivity (Wildman–Crippen MR) is 116 cm³/mol. The van der Waals surface area contributed by atoms with Crippen LogP contribution in [-0.4, -0.2) is 40.2 Å². The number of aromatic nitrogens is 2. The summed E-state index contributed by atoms with van der Waals surface area (Å²) in [6, 6.07) is 15.0. The molecule has 0 fully saturated rings. The van der Waals surface area contributed by atoms with Crippen molar-refractivity contribution in [2.45, 2.75) is 6.92 Å². The average Bonchev–Trinajstić information content (AvgIpc) is 3.29. The zero-order chi connectivity index (χ0) is 20.5. The number of nitrogens with zero attached hydrogens (tertiary/aromatic N) is 3. The monoisotopic (exact) mass is 404 g/mol. The van der Waals surface area contributed by atoms with Crippen LogP contribution in [0, 0.1) is 6.92 Å². The molecular formula is C22H20N4O2S. The van der Waals surface area contributed by atoms with Gasteiger partial charge in [-0.25, -0.2) is 4.98 Å². The van der Waals surface area contributed by atoms with Crippen molar-refractivity contribution in [1.29, 1.82) is 0 Å². The van der Waals surface area contributed by atoms with E-state index in [0.717, 1.165) is 21.8 Å². The minimum Gasteiger partial charge on any atom is -0.343 e. The fourth-order valence-corrected chi connectivity index (χ4v) is 3.90. The van der Waals surface area contributed by atoms with Crippen LogP contribution >= 0.6 is 11.3 Å². The van der Waals surface area contributed by atoms with Crippen LogP contribution in [0.5, 0.6) is 0 Å². The van der Waals surface area contributed by atoms with Crippen molar-refractivity contribution in [3.8, 4) is 11.3 Å². The van der Waals surface area contributed by atoms with E-state index in [9.17, 15) is 9.59 Å². The number of nitrogens with one attached hydrogen (secondary N) is 1. The highest BCUT2D eigenvalue weighted by atomic mass is 32.1. The summed E-state index contributed by atoms with van der Waals surface area (Å²) in [5.74, 6) is -0.195. The summed E-state index contributed by atoms with van der Waals surface area (Å²) in [6.07, 6.45) is 1.86. The van der Waals surface area contributed by atoms with Gasteiger partial charge < -0.3 is 10.2 Å². The Balaban J connectivity index is 1.56. The summed E-state index contributed by atoms with van der Waals surface area (Å²) >= 11 is 1.43. The number of carbonyl (C=O) groups is 2. The van der Waals surface area contributed by atoms with Gasteiger partial charge in [0.15, 0.2) is 4.96 Å². The number of benzene rings is 2. The lowest BCUT2D eigenvalue weighted by molar-refractivity contribution is 0.0821. The van der Waals surface area contributed by atoms with Crippen molar-refractivity contribution in [3.05, 3.63) is 76.9 Å². The van der Waals surface area contributed by atoms with E-state index < -0.39 is 0 Å². The average molecular weight is 404 g/mol. The topological polar surface area (TPSA) is 66.7 Å². The number of hydrogen-bond donors (Lipinski definition) is 1. The summed E-state index contributed by atoms with van der Waals surface area (Å²) < 4.78 is 1.82. The highest BCUT2D eigenvalue weighted by Crippen LogP contribution is 2.25. The number of carbonyl (C=O) groups excluding carboxylic acids is 2. The van der Waals surface area contributed by atoms with Crippen LogP contribution in [0.1, 0.15) is 26.4 Å². The summed E-state index contributed by atoms with van der Waals surface area (Å²) in [4.78, 5) is 31.7. The van der Waals surface area contributed by atoms with Crippen molar-refractivity contribution in [2.75, 3.05) is 19.4 Å². The number of rotatable bonds is 4. The smallest absolute Gasteiger partial charge is 0.271 e. The van der Waals surface area contributed by atoms with Gasteiger partial charge in [0, 0.05) is 42.5 Å². The third-order valence-electron chi connectivity index (χ3n) is 4.66. The minimum absolute atomic E-state index is 0.0607. The Labute approximate surface area is 172 Å². The van der Waals surface area contributed by atoms with Crippen molar-refractivity contribution in [1.82, 2.24) is 14.3 Å². The molecule has 0 aliphatic carbocycles. The number of anilines is 1. The molecule has 0 saturated carbocycles. The highest BCUT2D eigenvalue weighted by Gasteiger charge is 2.16. The first-order chi connectivity index (χ1) is 13.9. The molecule has 146 valence electrons. The number of hydrogen-bond acceptors (Lipinski definition) is 4. The van der Waals surface area contributed by atoms with Gasteiger partial charge in [-0.3, -0.25) is 14.0 Å². The lowest BCUT2D eigenvalue weighted by Gasteiger charge is -2.08. The van der Waals surface area contributed by atoms with Crippen LogP contribution < -0.4 is 5.32 Å². The molecule has 2 amide bonds. The Bertz CT molecular complexity index is 1210. The van der Waals surface area contributed by atoms with Gasteiger partial charge in [0.25, 0.3) is 11.8 Å².